The second-order valence-electron chi connectivity index (χ2n) is 10.2. The van der Waals surface area contributed by atoms with Crippen LogP contribution in [-0.4, -0.2) is 61.3 Å². The van der Waals surface area contributed by atoms with Crippen LogP contribution in [0.1, 0.15) is 132 Å². The Morgan fingerprint density at radius 3 is 0.714 bits per heavy atom. The molecule has 7 heteroatoms. The van der Waals surface area contributed by atoms with Crippen LogP contribution in [0, 0.1) is 0 Å². The van der Waals surface area contributed by atoms with Crippen molar-refractivity contribution < 1.29 is 27.5 Å². The molecule has 0 saturated carbocycles. The third kappa shape index (κ3) is 26.9. The number of hydrogen-bond acceptors (Lipinski definition) is 3. The molecule has 0 aliphatic carbocycles. The first-order valence-corrected chi connectivity index (χ1v) is 16.3. The minimum absolute atomic E-state index is 1.33. The van der Waals surface area contributed by atoms with Crippen LogP contribution in [0.4, 0.5) is 4.20 Å². The number of rotatable bonds is 20. The fourth-order valence-electron chi connectivity index (χ4n) is 4.58. The van der Waals surface area contributed by atoms with Gasteiger partial charge in [0.25, 0.3) is 0 Å². The molecular weight excluding hydrogens is 462 g/mol. The molecule has 0 unspecified atom stereocenters. The summed E-state index contributed by atoms with van der Waals surface area (Å²) in [7, 11) is -5.64. The van der Waals surface area contributed by atoms with Gasteiger partial charge >= 0.3 is 0 Å². The smallest absolute Gasteiger partial charge is 0.110 e. The van der Waals surface area contributed by atoms with Crippen LogP contribution in [-0.2, 0) is 4.57 Å². The molecule has 5 nitrogen and oxygen atoms in total. The van der Waals surface area contributed by atoms with Crippen LogP contribution in [0.3, 0.4) is 0 Å². The summed E-state index contributed by atoms with van der Waals surface area (Å²) in [5.74, 6) is 0. The Bertz CT molecular complexity index is 391. The monoisotopic (exact) mass is 526 g/mol. The predicted octanol–water partition coefficient (Wildman–Crippen LogP) is 7.23. The maximum Gasteiger partial charge on any atom is 0.110 e. The second kappa shape index (κ2) is 25.6. The Labute approximate surface area is 220 Å². The van der Waals surface area contributed by atoms with Crippen LogP contribution in [0.2, 0.25) is 0 Å². The van der Waals surface area contributed by atoms with Crippen molar-refractivity contribution >= 4 is 7.91 Å². The molecule has 0 aromatic carbocycles. The number of unbranched alkanes of at least 4 members (excludes halogenated alkanes) is 6. The summed E-state index contributed by atoms with van der Waals surface area (Å²) < 4.78 is 21.3. The van der Waals surface area contributed by atoms with Gasteiger partial charge in [0, 0.05) is 0 Å². The molecule has 0 aliphatic rings. The lowest BCUT2D eigenvalue weighted by Crippen LogP contribution is -2.49. The van der Waals surface area contributed by atoms with Gasteiger partial charge in [0.2, 0.25) is 0 Å². The first-order chi connectivity index (χ1) is 16.5. The summed E-state index contributed by atoms with van der Waals surface area (Å²) in [6.45, 7) is 29.7. The van der Waals surface area contributed by atoms with Gasteiger partial charge in [-0.1, -0.05) is 80.1 Å². The van der Waals surface area contributed by atoms with Gasteiger partial charge in [-0.2, -0.15) is 0 Å². The van der Waals surface area contributed by atoms with E-state index >= 15 is 0 Å². The van der Waals surface area contributed by atoms with Crippen LogP contribution >= 0.6 is 7.91 Å². The average Bonchev–Trinajstić information content (AvgIpc) is 2.83. The standard InChI is InChI=1S/2C14H32N.FH2O3P/c2*1-5-9-12-15(8-4,13-10-6-2)14-11-7-3;1-5(2,3)4/h2*5-14H2,1-4H3;(H2,2,3,4)/q2*+1;/p-2. The van der Waals surface area contributed by atoms with Crippen LogP contribution < -0.4 is 9.79 Å². The quantitative estimate of drug-likeness (QED) is 0.124. The van der Waals surface area contributed by atoms with Crippen molar-refractivity contribution in [2.75, 3.05) is 52.4 Å². The Balaban J connectivity index is -0.000000491. The Hall–Kier alpha value is -0.0000000000000000555. The zero-order valence-electron chi connectivity index (χ0n) is 25.1. The van der Waals surface area contributed by atoms with Crippen molar-refractivity contribution in [3.63, 3.8) is 0 Å². The molecular formula is C28H64FN2O3P. The van der Waals surface area contributed by atoms with Gasteiger partial charge in [0.05, 0.1) is 52.4 Å². The molecule has 0 amide bonds. The Morgan fingerprint density at radius 1 is 0.486 bits per heavy atom. The molecule has 0 heterocycles. The second-order valence-corrected chi connectivity index (χ2v) is 11.1. The van der Waals surface area contributed by atoms with Crippen molar-refractivity contribution in [1.82, 2.24) is 0 Å². The van der Waals surface area contributed by atoms with E-state index in [0.717, 1.165) is 0 Å². The highest BCUT2D eigenvalue weighted by Gasteiger charge is 2.23. The largest absolute Gasteiger partial charge is 0.786 e. The van der Waals surface area contributed by atoms with Crippen molar-refractivity contribution in [3.8, 4) is 0 Å². The highest BCUT2D eigenvalue weighted by molar-refractivity contribution is 7.42. The van der Waals surface area contributed by atoms with Crippen molar-refractivity contribution in [3.05, 3.63) is 0 Å². The van der Waals surface area contributed by atoms with E-state index in [1.807, 2.05) is 0 Å². The van der Waals surface area contributed by atoms with Gasteiger partial charge in [0.15, 0.2) is 0 Å². The van der Waals surface area contributed by atoms with E-state index in [1.165, 1.54) is 138 Å². The Morgan fingerprint density at radius 2 is 0.629 bits per heavy atom. The number of nitrogens with zero attached hydrogens (tertiary/aromatic N) is 2. The molecule has 35 heavy (non-hydrogen) atoms. The third-order valence-corrected chi connectivity index (χ3v) is 7.26. The first-order valence-electron chi connectivity index (χ1n) is 14.9. The van der Waals surface area contributed by atoms with Gasteiger partial charge in [-0.25, -0.2) is 4.20 Å². The van der Waals surface area contributed by atoms with Crippen LogP contribution in [0.25, 0.3) is 0 Å². The number of halogens is 1. The molecule has 0 bridgehead atoms. The van der Waals surface area contributed by atoms with Gasteiger partial charge in [0.1, 0.15) is 7.91 Å². The lowest BCUT2D eigenvalue weighted by Gasteiger charge is -2.38. The molecule has 0 aromatic heterocycles. The van der Waals surface area contributed by atoms with Crippen molar-refractivity contribution in [2.45, 2.75) is 132 Å². The van der Waals surface area contributed by atoms with Crippen LogP contribution in [0.15, 0.2) is 0 Å². The molecule has 0 saturated heterocycles. The van der Waals surface area contributed by atoms with Crippen molar-refractivity contribution in [1.29, 1.82) is 0 Å². The number of quaternary nitrogens is 2. The average molecular weight is 527 g/mol. The molecule has 0 aliphatic heterocycles. The summed E-state index contributed by atoms with van der Waals surface area (Å²) in [6.07, 6.45) is 16.5. The van der Waals surface area contributed by atoms with E-state index in [4.69, 9.17) is 14.4 Å². The molecule has 216 valence electrons. The molecule has 0 aromatic rings. The highest BCUT2D eigenvalue weighted by Crippen LogP contribution is 2.22. The third-order valence-electron chi connectivity index (χ3n) is 7.26. The van der Waals surface area contributed by atoms with E-state index in [-0.39, 0.29) is 0 Å². The topological polar surface area (TPSA) is 63.2 Å². The molecule has 0 spiro atoms. The normalized spacial score (nSPS) is 12.0. The first kappa shape index (κ1) is 39.5. The molecule has 0 N–H and O–H groups in total. The maximum atomic E-state index is 10.1. The zero-order chi connectivity index (χ0) is 27.6. The lowest BCUT2D eigenvalue weighted by molar-refractivity contribution is -0.927. The van der Waals surface area contributed by atoms with Crippen molar-refractivity contribution in [2.24, 2.45) is 0 Å². The van der Waals surface area contributed by atoms with E-state index < -0.39 is 7.91 Å². The molecule has 0 fully saturated rings. The highest BCUT2D eigenvalue weighted by atomic mass is 31.2. The van der Waals surface area contributed by atoms with Gasteiger partial charge in [-0.15, -0.1) is 0 Å². The number of hydrogen-bond donors (Lipinski definition) is 0. The summed E-state index contributed by atoms with van der Waals surface area (Å²) in [5, 5.41) is 0. The minimum atomic E-state index is -5.64. The van der Waals surface area contributed by atoms with Crippen LogP contribution in [0.5, 0.6) is 0 Å². The zero-order valence-corrected chi connectivity index (χ0v) is 26.0. The molecule has 0 atom stereocenters. The summed E-state index contributed by atoms with van der Waals surface area (Å²) >= 11 is 0. The SMILES string of the molecule is CCCC[N+](CC)(CCCC)CCCC.CCCC[N+](CC)(CCCC)CCCC.O=P([O-])([O-])F. The summed E-state index contributed by atoms with van der Waals surface area (Å²) in [4.78, 5) is 16.9. The van der Waals surface area contributed by atoms with Gasteiger partial charge in [-0.3, -0.25) is 0 Å². The molecule has 0 rings (SSSR count). The van der Waals surface area contributed by atoms with E-state index in [0.29, 0.717) is 0 Å². The Kier molecular flexibility index (Phi) is 28.9. The summed E-state index contributed by atoms with van der Waals surface area (Å²) in [6, 6.07) is 0. The fourth-order valence-corrected chi connectivity index (χ4v) is 4.58. The minimum Gasteiger partial charge on any atom is -0.786 e. The van der Waals surface area contributed by atoms with E-state index in [2.05, 4.69) is 55.4 Å². The lowest BCUT2D eigenvalue weighted by atomic mass is 10.1. The van der Waals surface area contributed by atoms with Gasteiger partial charge in [-0.05, 0) is 52.4 Å². The predicted molar refractivity (Wildman–Crippen MR) is 149 cm³/mol. The fraction of sp³-hybridized carbons (Fsp3) is 1.00. The summed E-state index contributed by atoms with van der Waals surface area (Å²) in [5.41, 5.74) is 0. The van der Waals surface area contributed by atoms with E-state index in [9.17, 15) is 4.20 Å². The van der Waals surface area contributed by atoms with E-state index in [1.54, 1.807) is 0 Å². The maximum absolute atomic E-state index is 10.1. The molecule has 0 radical (unpaired) electrons. The van der Waals surface area contributed by atoms with Gasteiger partial charge < -0.3 is 23.3 Å².